The number of fused-ring (bicyclic) bond motifs is 5. The minimum atomic E-state index is 0.651. The van der Waals surface area contributed by atoms with E-state index in [2.05, 4.69) is 34.6 Å². The van der Waals surface area contributed by atoms with Gasteiger partial charge in [-0.1, -0.05) is 143 Å². The first-order valence-electron chi connectivity index (χ1n) is 18.3. The molecule has 0 saturated heterocycles. The van der Waals surface area contributed by atoms with E-state index in [0.717, 1.165) is 29.6 Å². The van der Waals surface area contributed by atoms with E-state index in [1.54, 1.807) is 38.5 Å². The third-order valence-electron chi connectivity index (χ3n) is 10.9. The van der Waals surface area contributed by atoms with E-state index in [4.69, 9.17) is 0 Å². The van der Waals surface area contributed by atoms with Crippen molar-refractivity contribution >= 4 is 0 Å². The molecule has 0 heterocycles. The normalized spacial score (nSPS) is 37.7. The van der Waals surface area contributed by atoms with E-state index < -0.39 is 0 Å². The van der Waals surface area contributed by atoms with Crippen molar-refractivity contribution in [1.82, 2.24) is 0 Å². The summed E-state index contributed by atoms with van der Waals surface area (Å²) in [6.07, 6.45) is 19.7. The van der Waals surface area contributed by atoms with Crippen LogP contribution in [0, 0.1) is 45.8 Å². The van der Waals surface area contributed by atoms with Gasteiger partial charge in [0.25, 0.3) is 0 Å². The molecule has 0 aromatic heterocycles. The van der Waals surface area contributed by atoms with Crippen molar-refractivity contribution in [2.75, 3.05) is 0 Å². The summed E-state index contributed by atoms with van der Waals surface area (Å²) in [6, 6.07) is 0. The molecule has 4 fully saturated rings. The molecule has 0 N–H and O–H groups in total. The molecular formula is C38H82. The number of hydrogen-bond acceptors (Lipinski definition) is 0. The second kappa shape index (κ2) is 22.7. The Morgan fingerprint density at radius 3 is 1.53 bits per heavy atom. The Morgan fingerprint density at radius 1 is 0.526 bits per heavy atom. The Morgan fingerprint density at radius 2 is 1.00 bits per heavy atom. The summed E-state index contributed by atoms with van der Waals surface area (Å²) < 4.78 is 0. The molecule has 0 aromatic carbocycles. The molecule has 0 spiro atoms. The van der Waals surface area contributed by atoms with Crippen LogP contribution in [-0.4, -0.2) is 0 Å². The summed E-state index contributed by atoms with van der Waals surface area (Å²) in [5.41, 5.74) is 1.99. The van der Waals surface area contributed by atoms with Gasteiger partial charge in [0.1, 0.15) is 0 Å². The minimum Gasteiger partial charge on any atom is -0.0683 e. The van der Waals surface area contributed by atoms with Crippen molar-refractivity contribution in [3.63, 3.8) is 0 Å². The van der Waals surface area contributed by atoms with Gasteiger partial charge >= 0.3 is 0 Å². The minimum absolute atomic E-state index is 0.651. The molecule has 4 rings (SSSR count). The van der Waals surface area contributed by atoms with Gasteiger partial charge in [0.2, 0.25) is 0 Å². The SMILES string of the molecule is CC.CC.CC.CC.CC.CC.CCCCCC1CCC2C1(C)CCC1C3(C)CCC(C)CC3CCC21C. The van der Waals surface area contributed by atoms with Crippen LogP contribution < -0.4 is 0 Å². The number of rotatable bonds is 4. The maximum atomic E-state index is 2.77. The van der Waals surface area contributed by atoms with Gasteiger partial charge in [-0.3, -0.25) is 0 Å². The molecule has 38 heavy (non-hydrogen) atoms. The van der Waals surface area contributed by atoms with Crippen LogP contribution in [0.1, 0.15) is 201 Å². The van der Waals surface area contributed by atoms with Crippen LogP contribution >= 0.6 is 0 Å². The predicted octanol–water partition coefficient (Wildman–Crippen LogP) is 14.4. The van der Waals surface area contributed by atoms with Crippen molar-refractivity contribution in [3.05, 3.63) is 0 Å². The van der Waals surface area contributed by atoms with Gasteiger partial charge in [-0.2, -0.15) is 0 Å². The molecule has 0 nitrogen and oxygen atoms in total. The van der Waals surface area contributed by atoms with E-state index in [9.17, 15) is 0 Å². The summed E-state index contributed by atoms with van der Waals surface area (Å²) in [5.74, 6) is 5.11. The molecule has 0 amide bonds. The van der Waals surface area contributed by atoms with Crippen LogP contribution in [0.15, 0.2) is 0 Å². The van der Waals surface area contributed by atoms with Crippen LogP contribution in [0.2, 0.25) is 0 Å². The van der Waals surface area contributed by atoms with Crippen molar-refractivity contribution in [1.29, 1.82) is 0 Å². The Bertz CT molecular complexity index is 508. The fraction of sp³-hybridized carbons (Fsp3) is 1.00. The second-order valence-electron chi connectivity index (χ2n) is 12.0. The van der Waals surface area contributed by atoms with Crippen molar-refractivity contribution in [2.24, 2.45) is 45.8 Å². The zero-order valence-corrected chi connectivity index (χ0v) is 30.6. The molecule has 234 valence electrons. The monoisotopic (exact) mass is 539 g/mol. The lowest BCUT2D eigenvalue weighted by molar-refractivity contribution is -0.168. The van der Waals surface area contributed by atoms with Crippen LogP contribution in [0.5, 0.6) is 0 Å². The van der Waals surface area contributed by atoms with Crippen LogP contribution in [0.4, 0.5) is 0 Å². The third kappa shape index (κ3) is 9.54. The molecule has 0 bridgehead atoms. The molecular weight excluding hydrogens is 456 g/mol. The first-order valence-corrected chi connectivity index (χ1v) is 18.3. The molecule has 0 aromatic rings. The predicted molar refractivity (Wildman–Crippen MR) is 181 cm³/mol. The summed E-state index contributed by atoms with van der Waals surface area (Å²) in [7, 11) is 0. The molecule has 4 aliphatic carbocycles. The highest BCUT2D eigenvalue weighted by molar-refractivity contribution is 5.13. The molecule has 8 atom stereocenters. The second-order valence-corrected chi connectivity index (χ2v) is 12.0. The highest BCUT2D eigenvalue weighted by atomic mass is 14.7. The van der Waals surface area contributed by atoms with E-state index >= 15 is 0 Å². The van der Waals surface area contributed by atoms with Gasteiger partial charge in [-0.15, -0.1) is 0 Å². The summed E-state index contributed by atoms with van der Waals surface area (Å²) >= 11 is 0. The van der Waals surface area contributed by atoms with Crippen molar-refractivity contribution in [3.8, 4) is 0 Å². The summed E-state index contributed by atoms with van der Waals surface area (Å²) in [6.45, 7) is 37.1. The summed E-state index contributed by atoms with van der Waals surface area (Å²) in [4.78, 5) is 0. The Balaban J connectivity index is -0.000000904. The first-order chi connectivity index (χ1) is 18.3. The molecule has 4 saturated carbocycles. The molecule has 0 radical (unpaired) electrons. The van der Waals surface area contributed by atoms with Gasteiger partial charge in [0, 0.05) is 0 Å². The van der Waals surface area contributed by atoms with E-state index in [-0.39, 0.29) is 0 Å². The zero-order valence-electron chi connectivity index (χ0n) is 30.6. The fourth-order valence-electron chi connectivity index (χ4n) is 9.37. The van der Waals surface area contributed by atoms with Gasteiger partial charge < -0.3 is 0 Å². The molecule has 0 heteroatoms. The van der Waals surface area contributed by atoms with Crippen LogP contribution in [-0.2, 0) is 0 Å². The molecule has 8 unspecified atom stereocenters. The van der Waals surface area contributed by atoms with Gasteiger partial charge in [-0.25, -0.2) is 0 Å². The Labute approximate surface area is 246 Å². The average Bonchev–Trinajstić information content (AvgIpc) is 3.33. The average molecular weight is 539 g/mol. The lowest BCUT2D eigenvalue weighted by atomic mass is 9.39. The lowest BCUT2D eigenvalue weighted by Gasteiger charge is -2.66. The molecule has 4 aliphatic rings. The topological polar surface area (TPSA) is 0 Å². The van der Waals surface area contributed by atoms with Crippen LogP contribution in [0.3, 0.4) is 0 Å². The van der Waals surface area contributed by atoms with Gasteiger partial charge in [0.05, 0.1) is 0 Å². The Hall–Kier alpha value is 0. The maximum absolute atomic E-state index is 2.77. The standard InChI is InChI=1S/C26H46.6C2H6/c1-6-7-8-9-20-10-11-22-24(20,3)17-14-23-25(4)15-12-19(2)18-21(25)13-16-26(22,23)5;6*1-2/h19-23H,6-18H2,1-5H3;6*1-2H3. The zero-order chi connectivity index (χ0) is 30.6. The summed E-state index contributed by atoms with van der Waals surface area (Å²) in [5, 5.41) is 0. The van der Waals surface area contributed by atoms with E-state index in [1.165, 1.54) is 44.9 Å². The smallest absolute Gasteiger partial charge is 0.0259 e. The fourth-order valence-corrected chi connectivity index (χ4v) is 9.37. The quantitative estimate of drug-likeness (QED) is 0.312. The third-order valence-corrected chi connectivity index (χ3v) is 10.9. The van der Waals surface area contributed by atoms with Crippen molar-refractivity contribution < 1.29 is 0 Å². The molecule has 0 aliphatic heterocycles. The number of unbranched alkanes of at least 4 members (excludes halogenated alkanes) is 2. The largest absolute Gasteiger partial charge is 0.0683 e. The maximum Gasteiger partial charge on any atom is -0.0259 e. The lowest BCUT2D eigenvalue weighted by Crippen LogP contribution is -2.58. The van der Waals surface area contributed by atoms with E-state index in [1.807, 2.05) is 83.1 Å². The first kappa shape index (κ1) is 42.5. The van der Waals surface area contributed by atoms with Crippen molar-refractivity contribution in [2.45, 2.75) is 201 Å². The highest BCUT2D eigenvalue weighted by Gasteiger charge is 2.64. The van der Waals surface area contributed by atoms with E-state index in [0.29, 0.717) is 16.2 Å². The number of hydrogen-bond donors (Lipinski definition) is 0. The Kier molecular flexibility index (Phi) is 25.3. The van der Waals surface area contributed by atoms with Gasteiger partial charge in [-0.05, 0) is 104 Å². The highest BCUT2D eigenvalue weighted by Crippen LogP contribution is 2.72. The van der Waals surface area contributed by atoms with Crippen LogP contribution in [0.25, 0.3) is 0 Å². The van der Waals surface area contributed by atoms with Gasteiger partial charge in [0.15, 0.2) is 0 Å².